The minimum Gasteiger partial charge on any atom is -0.493 e. The summed E-state index contributed by atoms with van der Waals surface area (Å²) < 4.78 is 12.1. The van der Waals surface area contributed by atoms with Gasteiger partial charge in [0, 0.05) is 10.0 Å². The van der Waals surface area contributed by atoms with Gasteiger partial charge in [-0.25, -0.2) is 4.79 Å². The Bertz CT molecular complexity index is 532. The quantitative estimate of drug-likeness (QED) is 0.614. The van der Waals surface area contributed by atoms with E-state index in [1.165, 1.54) is 0 Å². The van der Waals surface area contributed by atoms with Crippen LogP contribution in [0.3, 0.4) is 0 Å². The van der Waals surface area contributed by atoms with Gasteiger partial charge < -0.3 is 9.47 Å². The Morgan fingerprint density at radius 3 is 2.58 bits per heavy atom. The molecule has 0 amide bonds. The smallest absolute Gasteiger partial charge is 0.235 e. The van der Waals surface area contributed by atoms with Crippen molar-refractivity contribution in [2.24, 2.45) is 4.99 Å². The lowest BCUT2D eigenvalue weighted by Gasteiger charge is -2.20. The first-order valence-corrected chi connectivity index (χ1v) is 6.95. The molecule has 1 aliphatic carbocycles. The average Bonchev–Trinajstić information content (AvgIpc) is 3.11. The van der Waals surface area contributed by atoms with Crippen LogP contribution in [0.15, 0.2) is 21.6 Å². The summed E-state index contributed by atoms with van der Waals surface area (Å²) in [5.74, 6) is 1.31. The van der Waals surface area contributed by atoms with E-state index in [0.717, 1.165) is 22.9 Å². The Kier molecular flexibility index (Phi) is 3.97. The Balaban J connectivity index is 2.57. The lowest BCUT2D eigenvalue weighted by Crippen LogP contribution is -2.13. The fourth-order valence-corrected chi connectivity index (χ4v) is 2.51. The molecule has 0 heterocycles. The molecule has 0 bridgehead atoms. The Morgan fingerprint density at radius 2 is 2.11 bits per heavy atom. The van der Waals surface area contributed by atoms with Gasteiger partial charge in [-0.1, -0.05) is 15.9 Å². The fourth-order valence-electron chi connectivity index (χ4n) is 2.07. The molecule has 0 unspecified atom stereocenters. The molecule has 0 saturated heterocycles. The Morgan fingerprint density at radius 1 is 1.42 bits per heavy atom. The summed E-state index contributed by atoms with van der Waals surface area (Å²) in [5.41, 5.74) is 0.402. The van der Waals surface area contributed by atoms with Gasteiger partial charge in [0.15, 0.2) is 11.5 Å². The summed E-state index contributed by atoms with van der Waals surface area (Å²) in [7, 11) is 1.60. The normalized spacial score (nSPS) is 15.8. The van der Waals surface area contributed by atoms with Crippen molar-refractivity contribution in [3.8, 4) is 11.5 Å². The van der Waals surface area contributed by atoms with Crippen molar-refractivity contribution in [1.29, 1.82) is 0 Å². The zero-order valence-electron chi connectivity index (χ0n) is 11.2. The monoisotopic (exact) mass is 325 g/mol. The zero-order valence-corrected chi connectivity index (χ0v) is 12.8. The summed E-state index contributed by atoms with van der Waals surface area (Å²) in [6.45, 7) is 3.90. The number of rotatable bonds is 5. The predicted molar refractivity (Wildman–Crippen MR) is 75.5 cm³/mol. The van der Waals surface area contributed by atoms with Crippen LogP contribution in [-0.4, -0.2) is 19.3 Å². The number of benzene rings is 1. The van der Waals surface area contributed by atoms with E-state index >= 15 is 0 Å². The van der Waals surface area contributed by atoms with Gasteiger partial charge in [-0.15, -0.1) is 0 Å². The molecular formula is C14H16BrNO3. The van der Waals surface area contributed by atoms with Crippen molar-refractivity contribution in [3.63, 3.8) is 0 Å². The lowest BCUT2D eigenvalue weighted by molar-refractivity contribution is 0.226. The maximum Gasteiger partial charge on any atom is 0.235 e. The maximum atomic E-state index is 10.6. The topological polar surface area (TPSA) is 47.9 Å². The molecule has 5 heteroatoms. The van der Waals surface area contributed by atoms with Gasteiger partial charge >= 0.3 is 0 Å². The molecule has 102 valence electrons. The molecule has 4 nitrogen and oxygen atoms in total. The van der Waals surface area contributed by atoms with Crippen LogP contribution in [0.25, 0.3) is 0 Å². The van der Waals surface area contributed by atoms with Crippen LogP contribution in [0.4, 0.5) is 0 Å². The summed E-state index contributed by atoms with van der Waals surface area (Å²) >= 11 is 3.45. The third-order valence-electron chi connectivity index (χ3n) is 3.08. The molecule has 0 spiro atoms. The number of carbonyl (C=O) groups excluding carboxylic acids is 1. The number of aliphatic imine (C=N–C) groups is 1. The average molecular weight is 326 g/mol. The molecule has 0 atom stereocenters. The van der Waals surface area contributed by atoms with E-state index in [9.17, 15) is 4.79 Å². The molecule has 1 aromatic carbocycles. The summed E-state index contributed by atoms with van der Waals surface area (Å²) in [6.07, 6.45) is 3.35. The van der Waals surface area contributed by atoms with Gasteiger partial charge in [0.1, 0.15) is 5.54 Å². The number of halogens is 1. The molecule has 1 fully saturated rings. The van der Waals surface area contributed by atoms with Crippen molar-refractivity contribution in [2.45, 2.75) is 38.3 Å². The standard InChI is InChI=1S/C14H16BrNO3/c1-9(2)19-13-11(14(4-5-14)16-8-17)6-10(15)7-12(13)18-3/h6-7,9H,4-5H2,1-3H3. The summed E-state index contributed by atoms with van der Waals surface area (Å²) in [4.78, 5) is 14.6. The second-order valence-corrected chi connectivity index (χ2v) is 5.80. The van der Waals surface area contributed by atoms with Crippen molar-refractivity contribution >= 4 is 22.0 Å². The Hall–Kier alpha value is -1.32. The van der Waals surface area contributed by atoms with Crippen molar-refractivity contribution in [1.82, 2.24) is 0 Å². The van der Waals surface area contributed by atoms with E-state index in [1.807, 2.05) is 26.0 Å². The predicted octanol–water partition coefficient (Wildman–Crippen LogP) is 3.57. The van der Waals surface area contributed by atoms with E-state index in [-0.39, 0.29) is 6.10 Å². The molecule has 2 rings (SSSR count). The van der Waals surface area contributed by atoms with Crippen LogP contribution >= 0.6 is 15.9 Å². The van der Waals surface area contributed by atoms with Gasteiger partial charge in [-0.3, -0.25) is 0 Å². The summed E-state index contributed by atoms with van der Waals surface area (Å²) in [6, 6.07) is 3.79. The zero-order chi connectivity index (χ0) is 14.0. The van der Waals surface area contributed by atoms with E-state index in [1.54, 1.807) is 13.2 Å². The van der Waals surface area contributed by atoms with E-state index in [2.05, 4.69) is 20.9 Å². The second-order valence-electron chi connectivity index (χ2n) is 4.89. The summed E-state index contributed by atoms with van der Waals surface area (Å²) in [5, 5.41) is 0. The first-order chi connectivity index (χ1) is 9.02. The number of isocyanates is 1. The molecule has 0 aromatic heterocycles. The molecular weight excluding hydrogens is 310 g/mol. The molecule has 0 radical (unpaired) electrons. The van der Waals surface area contributed by atoms with E-state index < -0.39 is 5.54 Å². The highest BCUT2D eigenvalue weighted by Gasteiger charge is 2.47. The maximum absolute atomic E-state index is 10.6. The number of methoxy groups -OCH3 is 1. The highest BCUT2D eigenvalue weighted by Crippen LogP contribution is 2.55. The Labute approximate surface area is 120 Å². The molecule has 1 aromatic rings. The van der Waals surface area contributed by atoms with Crippen molar-refractivity contribution in [3.05, 3.63) is 22.2 Å². The highest BCUT2D eigenvalue weighted by molar-refractivity contribution is 9.10. The highest BCUT2D eigenvalue weighted by atomic mass is 79.9. The minimum absolute atomic E-state index is 0.0184. The van der Waals surface area contributed by atoms with Crippen molar-refractivity contribution < 1.29 is 14.3 Å². The van der Waals surface area contributed by atoms with Crippen LogP contribution in [0.2, 0.25) is 0 Å². The SMILES string of the molecule is COc1cc(Br)cc(C2(N=C=O)CC2)c1OC(C)C. The van der Waals surface area contributed by atoms with Gasteiger partial charge in [0.2, 0.25) is 6.08 Å². The van der Waals surface area contributed by atoms with Gasteiger partial charge in [-0.05, 0) is 38.8 Å². The molecule has 1 saturated carbocycles. The third kappa shape index (κ3) is 2.82. The van der Waals surface area contributed by atoms with Crippen LogP contribution in [0.5, 0.6) is 11.5 Å². The number of hydrogen-bond acceptors (Lipinski definition) is 4. The molecule has 0 aliphatic heterocycles. The van der Waals surface area contributed by atoms with Gasteiger partial charge in [0.25, 0.3) is 0 Å². The van der Waals surface area contributed by atoms with Crippen LogP contribution in [-0.2, 0) is 10.3 Å². The van der Waals surface area contributed by atoms with Gasteiger partial charge in [-0.2, -0.15) is 4.99 Å². The number of ether oxygens (including phenoxy) is 2. The molecule has 19 heavy (non-hydrogen) atoms. The molecule has 0 N–H and O–H groups in total. The lowest BCUT2D eigenvalue weighted by atomic mass is 10.0. The van der Waals surface area contributed by atoms with E-state index in [4.69, 9.17) is 9.47 Å². The van der Waals surface area contributed by atoms with Gasteiger partial charge in [0.05, 0.1) is 13.2 Å². The fraction of sp³-hybridized carbons (Fsp3) is 0.500. The van der Waals surface area contributed by atoms with Crippen LogP contribution in [0.1, 0.15) is 32.3 Å². The third-order valence-corrected chi connectivity index (χ3v) is 3.54. The van der Waals surface area contributed by atoms with Crippen LogP contribution < -0.4 is 9.47 Å². The van der Waals surface area contributed by atoms with E-state index in [0.29, 0.717) is 11.5 Å². The number of hydrogen-bond donors (Lipinski definition) is 0. The number of nitrogens with zero attached hydrogens (tertiary/aromatic N) is 1. The second kappa shape index (κ2) is 5.35. The largest absolute Gasteiger partial charge is 0.493 e. The molecule has 1 aliphatic rings. The van der Waals surface area contributed by atoms with Crippen LogP contribution in [0, 0.1) is 0 Å². The van der Waals surface area contributed by atoms with Crippen molar-refractivity contribution in [2.75, 3.05) is 7.11 Å². The minimum atomic E-state index is -0.483. The first kappa shape index (κ1) is 14.1. The first-order valence-electron chi connectivity index (χ1n) is 6.16.